The first kappa shape index (κ1) is 13.8. The lowest BCUT2D eigenvalue weighted by Crippen LogP contribution is -2.11. The predicted octanol–water partition coefficient (Wildman–Crippen LogP) is 3.76. The van der Waals surface area contributed by atoms with E-state index in [4.69, 9.17) is 9.52 Å². The number of hydrogen-bond acceptors (Lipinski definition) is 3. The maximum Gasteiger partial charge on any atom is 0.338 e. The van der Waals surface area contributed by atoms with Crippen LogP contribution in [0.1, 0.15) is 20.9 Å². The van der Waals surface area contributed by atoms with E-state index in [-0.39, 0.29) is 11.3 Å². The molecule has 0 saturated heterocycles. The summed E-state index contributed by atoms with van der Waals surface area (Å²) in [4.78, 5) is 22.6. The Kier molecular flexibility index (Phi) is 4.06. The number of carbonyl (C=O) groups is 2. The number of halogens is 2. The summed E-state index contributed by atoms with van der Waals surface area (Å²) in [5, 5.41) is 11.4. The van der Waals surface area contributed by atoms with Crippen molar-refractivity contribution in [2.45, 2.75) is 0 Å². The molecular weight excluding hydrogens is 382 g/mol. The summed E-state index contributed by atoms with van der Waals surface area (Å²) in [5.41, 5.74) is 0.470. The smallest absolute Gasteiger partial charge is 0.338 e. The Morgan fingerprint density at radius 3 is 2.37 bits per heavy atom. The van der Waals surface area contributed by atoms with Gasteiger partial charge < -0.3 is 14.8 Å². The van der Waals surface area contributed by atoms with Crippen LogP contribution in [0.3, 0.4) is 0 Å². The molecule has 0 radical (unpaired) electrons. The fourth-order valence-corrected chi connectivity index (χ4v) is 2.56. The largest absolute Gasteiger partial charge is 0.478 e. The number of nitrogens with one attached hydrogen (secondary N) is 1. The minimum absolute atomic E-state index is 0.0694. The second kappa shape index (κ2) is 5.58. The van der Waals surface area contributed by atoms with Crippen LogP contribution >= 0.6 is 31.9 Å². The van der Waals surface area contributed by atoms with Crippen LogP contribution < -0.4 is 5.32 Å². The molecule has 98 valence electrons. The predicted molar refractivity (Wildman–Crippen MR) is 75.5 cm³/mol. The van der Waals surface area contributed by atoms with Crippen molar-refractivity contribution in [3.05, 3.63) is 50.8 Å². The molecule has 5 nitrogen and oxygen atoms in total. The van der Waals surface area contributed by atoms with E-state index in [0.29, 0.717) is 14.6 Å². The first-order valence-electron chi connectivity index (χ1n) is 5.06. The summed E-state index contributed by atoms with van der Waals surface area (Å²) in [6, 6.07) is 6.51. The lowest BCUT2D eigenvalue weighted by Gasteiger charge is -2.07. The van der Waals surface area contributed by atoms with Crippen molar-refractivity contribution in [2.75, 3.05) is 5.32 Å². The Hall–Kier alpha value is -1.60. The molecule has 0 spiro atoms. The zero-order chi connectivity index (χ0) is 14.0. The van der Waals surface area contributed by atoms with Crippen molar-refractivity contribution < 1.29 is 19.1 Å². The van der Waals surface area contributed by atoms with E-state index in [2.05, 4.69) is 37.2 Å². The number of carbonyl (C=O) groups excluding carboxylic acids is 1. The average molecular weight is 389 g/mol. The van der Waals surface area contributed by atoms with E-state index >= 15 is 0 Å². The standard InChI is InChI=1S/C12H7Br2NO4/c13-7-2-1-3-8(14)10(7)15-11(16)9-4-6(5-19-9)12(17)18/h1-5H,(H,15,16)(H,17,18). The van der Waals surface area contributed by atoms with E-state index in [0.717, 1.165) is 6.26 Å². The lowest BCUT2D eigenvalue weighted by atomic mass is 10.3. The fourth-order valence-electron chi connectivity index (χ4n) is 1.36. The first-order valence-corrected chi connectivity index (χ1v) is 6.65. The van der Waals surface area contributed by atoms with Crippen LogP contribution in [-0.2, 0) is 0 Å². The number of amides is 1. The highest BCUT2D eigenvalue weighted by atomic mass is 79.9. The molecule has 0 aliphatic carbocycles. The Labute approximate surface area is 124 Å². The molecule has 0 bridgehead atoms. The third kappa shape index (κ3) is 3.05. The minimum atomic E-state index is -1.15. The maximum absolute atomic E-state index is 11.9. The third-order valence-electron chi connectivity index (χ3n) is 2.27. The fraction of sp³-hybridized carbons (Fsp3) is 0. The van der Waals surface area contributed by atoms with Crippen LogP contribution in [0, 0.1) is 0 Å². The van der Waals surface area contributed by atoms with Gasteiger partial charge in [0, 0.05) is 15.0 Å². The summed E-state index contributed by atoms with van der Waals surface area (Å²) >= 11 is 6.61. The van der Waals surface area contributed by atoms with Crippen molar-refractivity contribution in [3.63, 3.8) is 0 Å². The van der Waals surface area contributed by atoms with Gasteiger partial charge in [-0.1, -0.05) is 6.07 Å². The molecule has 19 heavy (non-hydrogen) atoms. The Bertz CT molecular complexity index is 631. The number of anilines is 1. The molecular formula is C12H7Br2NO4. The number of rotatable bonds is 3. The quantitative estimate of drug-likeness (QED) is 0.838. The molecule has 2 rings (SSSR count). The lowest BCUT2D eigenvalue weighted by molar-refractivity contribution is 0.0696. The molecule has 0 atom stereocenters. The van der Waals surface area contributed by atoms with Crippen molar-refractivity contribution in [3.8, 4) is 0 Å². The van der Waals surface area contributed by atoms with Crippen LogP contribution in [0.4, 0.5) is 5.69 Å². The minimum Gasteiger partial charge on any atom is -0.478 e. The van der Waals surface area contributed by atoms with Crippen LogP contribution in [0.15, 0.2) is 43.9 Å². The van der Waals surface area contributed by atoms with E-state index in [1.807, 2.05) is 0 Å². The van der Waals surface area contributed by atoms with Crippen LogP contribution in [0.25, 0.3) is 0 Å². The number of benzene rings is 1. The van der Waals surface area contributed by atoms with Gasteiger partial charge in [0.15, 0.2) is 5.76 Å². The van der Waals surface area contributed by atoms with Gasteiger partial charge in [0.2, 0.25) is 0 Å². The van der Waals surface area contributed by atoms with Gasteiger partial charge in [-0.3, -0.25) is 4.79 Å². The molecule has 0 fully saturated rings. The zero-order valence-corrected chi connectivity index (χ0v) is 12.5. The van der Waals surface area contributed by atoms with E-state index in [9.17, 15) is 9.59 Å². The van der Waals surface area contributed by atoms with Crippen LogP contribution in [-0.4, -0.2) is 17.0 Å². The van der Waals surface area contributed by atoms with Gasteiger partial charge in [0.25, 0.3) is 5.91 Å². The van der Waals surface area contributed by atoms with Crippen molar-refractivity contribution in [1.82, 2.24) is 0 Å². The summed E-state index contributed by atoms with van der Waals surface area (Å²) < 4.78 is 6.31. The van der Waals surface area contributed by atoms with Crippen LogP contribution in [0.5, 0.6) is 0 Å². The van der Waals surface area contributed by atoms with Crippen molar-refractivity contribution in [1.29, 1.82) is 0 Å². The summed E-state index contributed by atoms with van der Waals surface area (Å²) in [7, 11) is 0. The molecule has 1 heterocycles. The second-order valence-electron chi connectivity index (χ2n) is 3.56. The molecule has 0 aliphatic heterocycles. The summed E-state index contributed by atoms with van der Waals surface area (Å²) in [5.74, 6) is -1.75. The molecule has 1 amide bonds. The van der Waals surface area contributed by atoms with Crippen molar-refractivity contribution in [2.24, 2.45) is 0 Å². The number of para-hydroxylation sites is 1. The Balaban J connectivity index is 2.23. The van der Waals surface area contributed by atoms with Gasteiger partial charge >= 0.3 is 5.97 Å². The number of aromatic carboxylic acids is 1. The Morgan fingerprint density at radius 2 is 1.84 bits per heavy atom. The van der Waals surface area contributed by atoms with Crippen LogP contribution in [0.2, 0.25) is 0 Å². The molecule has 0 aliphatic rings. The third-order valence-corrected chi connectivity index (χ3v) is 3.59. The topological polar surface area (TPSA) is 79.5 Å². The van der Waals surface area contributed by atoms with Crippen molar-refractivity contribution >= 4 is 49.4 Å². The monoisotopic (exact) mass is 387 g/mol. The number of furan rings is 1. The summed E-state index contributed by atoms with van der Waals surface area (Å²) in [6.07, 6.45) is 1.02. The molecule has 0 saturated carbocycles. The molecule has 0 unspecified atom stereocenters. The van der Waals surface area contributed by atoms with Gasteiger partial charge in [-0.2, -0.15) is 0 Å². The maximum atomic E-state index is 11.9. The number of hydrogen-bond donors (Lipinski definition) is 2. The van der Waals surface area contributed by atoms with E-state index in [1.165, 1.54) is 6.07 Å². The van der Waals surface area contributed by atoms with Gasteiger partial charge in [0.05, 0.1) is 11.3 Å². The Morgan fingerprint density at radius 1 is 1.21 bits per heavy atom. The molecule has 2 N–H and O–H groups in total. The van der Waals surface area contributed by atoms with E-state index in [1.54, 1.807) is 18.2 Å². The molecule has 2 aromatic rings. The highest BCUT2D eigenvalue weighted by Crippen LogP contribution is 2.30. The number of carboxylic acids is 1. The SMILES string of the molecule is O=C(O)c1coc(C(=O)Nc2c(Br)cccc2Br)c1. The number of carboxylic acid groups (broad SMARTS) is 1. The van der Waals surface area contributed by atoms with Gasteiger partial charge in [0.1, 0.15) is 6.26 Å². The average Bonchev–Trinajstić information content (AvgIpc) is 2.83. The van der Waals surface area contributed by atoms with Gasteiger partial charge in [-0.05, 0) is 44.0 Å². The first-order chi connectivity index (χ1) is 8.99. The van der Waals surface area contributed by atoms with E-state index < -0.39 is 11.9 Å². The summed E-state index contributed by atoms with van der Waals surface area (Å²) in [6.45, 7) is 0. The van der Waals surface area contributed by atoms with Gasteiger partial charge in [-0.15, -0.1) is 0 Å². The highest BCUT2D eigenvalue weighted by molar-refractivity contribution is 9.11. The molecule has 1 aromatic carbocycles. The normalized spacial score (nSPS) is 10.2. The van der Waals surface area contributed by atoms with Gasteiger partial charge in [-0.25, -0.2) is 4.79 Å². The molecule has 7 heteroatoms. The zero-order valence-electron chi connectivity index (χ0n) is 9.31. The highest BCUT2D eigenvalue weighted by Gasteiger charge is 2.16. The second-order valence-corrected chi connectivity index (χ2v) is 5.26. The molecule has 1 aromatic heterocycles.